The molecule has 0 bridgehead atoms. The molecule has 13 heavy (non-hydrogen) atoms. The fourth-order valence-electron chi connectivity index (χ4n) is 2.02. The third-order valence-corrected chi connectivity index (χ3v) is 2.65. The van der Waals surface area contributed by atoms with Crippen LogP contribution in [-0.4, -0.2) is 6.54 Å². The lowest BCUT2D eigenvalue weighted by atomic mass is 10.1. The van der Waals surface area contributed by atoms with Crippen LogP contribution in [0.25, 0.3) is 11.0 Å². The number of benzene rings is 1. The van der Waals surface area contributed by atoms with Gasteiger partial charge in [0.05, 0.1) is 6.26 Å². The number of furan rings is 1. The minimum atomic E-state index is 0.935. The smallest absolute Gasteiger partial charge is 0.134 e. The van der Waals surface area contributed by atoms with E-state index in [0.717, 1.165) is 25.1 Å². The highest BCUT2D eigenvalue weighted by atomic mass is 16.3. The molecule has 1 aromatic carbocycles. The molecule has 0 spiro atoms. The fraction of sp³-hybridized carbons (Fsp3) is 0.273. The van der Waals surface area contributed by atoms with Gasteiger partial charge in [0.1, 0.15) is 5.58 Å². The Morgan fingerprint density at radius 1 is 1.23 bits per heavy atom. The van der Waals surface area contributed by atoms with E-state index in [9.17, 15) is 0 Å². The molecule has 2 nitrogen and oxygen atoms in total. The molecule has 1 aliphatic heterocycles. The van der Waals surface area contributed by atoms with Crippen molar-refractivity contribution in [3.63, 3.8) is 0 Å². The maximum absolute atomic E-state index is 5.48. The van der Waals surface area contributed by atoms with Gasteiger partial charge in [-0.2, -0.15) is 0 Å². The second-order valence-corrected chi connectivity index (χ2v) is 3.48. The Morgan fingerprint density at radius 2 is 2.23 bits per heavy atom. The van der Waals surface area contributed by atoms with Crippen molar-refractivity contribution in [1.82, 2.24) is 5.32 Å². The van der Waals surface area contributed by atoms with Crippen molar-refractivity contribution in [2.45, 2.75) is 13.0 Å². The molecule has 1 aliphatic rings. The molecule has 1 aromatic heterocycles. The van der Waals surface area contributed by atoms with E-state index in [0.29, 0.717) is 0 Å². The van der Waals surface area contributed by atoms with Crippen LogP contribution in [0.2, 0.25) is 0 Å². The van der Waals surface area contributed by atoms with Crippen LogP contribution in [0.5, 0.6) is 0 Å². The summed E-state index contributed by atoms with van der Waals surface area (Å²) < 4.78 is 5.48. The Hall–Kier alpha value is -1.28. The molecule has 2 heteroatoms. The number of hydrogen-bond donors (Lipinski definition) is 1. The van der Waals surface area contributed by atoms with Crippen molar-refractivity contribution in [2.24, 2.45) is 0 Å². The summed E-state index contributed by atoms with van der Waals surface area (Å²) in [6.07, 6.45) is 2.97. The fourth-order valence-corrected chi connectivity index (χ4v) is 2.02. The van der Waals surface area contributed by atoms with Gasteiger partial charge in [-0.1, -0.05) is 12.1 Å². The molecule has 0 fully saturated rings. The van der Waals surface area contributed by atoms with E-state index in [1.54, 1.807) is 0 Å². The zero-order valence-corrected chi connectivity index (χ0v) is 7.34. The molecule has 0 aliphatic carbocycles. The van der Waals surface area contributed by atoms with Crippen LogP contribution in [-0.2, 0) is 13.0 Å². The third-order valence-electron chi connectivity index (χ3n) is 2.65. The van der Waals surface area contributed by atoms with Crippen molar-refractivity contribution < 1.29 is 4.42 Å². The molecule has 0 radical (unpaired) electrons. The van der Waals surface area contributed by atoms with Crippen molar-refractivity contribution in [3.8, 4) is 0 Å². The van der Waals surface area contributed by atoms with E-state index in [4.69, 9.17) is 4.42 Å². The zero-order valence-electron chi connectivity index (χ0n) is 7.34. The normalized spacial score (nSPS) is 16.0. The summed E-state index contributed by atoms with van der Waals surface area (Å²) in [7, 11) is 0. The average Bonchev–Trinajstić information content (AvgIpc) is 2.44. The van der Waals surface area contributed by atoms with Gasteiger partial charge in [-0.05, 0) is 24.6 Å². The van der Waals surface area contributed by atoms with E-state index >= 15 is 0 Å². The highest BCUT2D eigenvalue weighted by Crippen LogP contribution is 2.26. The lowest BCUT2D eigenvalue weighted by molar-refractivity contribution is 0.601. The second kappa shape index (κ2) is 2.60. The highest BCUT2D eigenvalue weighted by molar-refractivity contribution is 5.84. The van der Waals surface area contributed by atoms with Crippen molar-refractivity contribution in [3.05, 3.63) is 35.6 Å². The van der Waals surface area contributed by atoms with Crippen LogP contribution in [0.1, 0.15) is 11.1 Å². The van der Waals surface area contributed by atoms with Crippen LogP contribution in [0, 0.1) is 0 Å². The van der Waals surface area contributed by atoms with Crippen LogP contribution >= 0.6 is 0 Å². The molecule has 2 heterocycles. The van der Waals surface area contributed by atoms with Crippen molar-refractivity contribution in [2.75, 3.05) is 6.54 Å². The van der Waals surface area contributed by atoms with Gasteiger partial charge in [0.25, 0.3) is 0 Å². The van der Waals surface area contributed by atoms with Crippen LogP contribution < -0.4 is 5.32 Å². The molecular formula is C11H11NO. The maximum atomic E-state index is 5.48. The second-order valence-electron chi connectivity index (χ2n) is 3.48. The first-order chi connectivity index (χ1) is 6.45. The van der Waals surface area contributed by atoms with Crippen molar-refractivity contribution in [1.29, 1.82) is 0 Å². The van der Waals surface area contributed by atoms with Gasteiger partial charge in [-0.15, -0.1) is 0 Å². The Kier molecular flexibility index (Phi) is 1.43. The molecular weight excluding hydrogens is 162 g/mol. The summed E-state index contributed by atoms with van der Waals surface area (Å²) in [6, 6.07) is 6.29. The topological polar surface area (TPSA) is 25.2 Å². The van der Waals surface area contributed by atoms with Gasteiger partial charge in [0.2, 0.25) is 0 Å². The van der Waals surface area contributed by atoms with E-state index in [2.05, 4.69) is 17.4 Å². The SMILES string of the molecule is c1cc2c3c(coc3c1)CNCC2. The molecule has 0 saturated carbocycles. The Labute approximate surface area is 76.5 Å². The summed E-state index contributed by atoms with van der Waals surface area (Å²) in [5.74, 6) is 0. The molecule has 66 valence electrons. The lowest BCUT2D eigenvalue weighted by Gasteiger charge is -1.98. The van der Waals surface area contributed by atoms with Gasteiger partial charge in [0.15, 0.2) is 0 Å². The minimum absolute atomic E-state index is 0.935. The van der Waals surface area contributed by atoms with Gasteiger partial charge < -0.3 is 9.73 Å². The van der Waals surface area contributed by atoms with Gasteiger partial charge >= 0.3 is 0 Å². The zero-order chi connectivity index (χ0) is 8.67. The standard InChI is InChI=1S/C11H11NO/c1-2-8-4-5-12-6-9-7-13-10(3-1)11(8)9/h1-3,7,12H,4-6H2. The summed E-state index contributed by atoms with van der Waals surface area (Å²) in [5, 5.41) is 4.71. The van der Waals surface area contributed by atoms with E-state index < -0.39 is 0 Å². The molecule has 2 aromatic rings. The molecule has 0 amide bonds. The first kappa shape index (κ1) is 7.15. The molecule has 3 rings (SSSR count). The van der Waals surface area contributed by atoms with Gasteiger partial charge in [-0.25, -0.2) is 0 Å². The van der Waals surface area contributed by atoms with Crippen LogP contribution in [0.4, 0.5) is 0 Å². The molecule has 0 saturated heterocycles. The van der Waals surface area contributed by atoms with E-state index in [1.165, 1.54) is 16.5 Å². The predicted octanol–water partition coefficient (Wildman–Crippen LogP) is 2.08. The number of nitrogens with one attached hydrogen (secondary N) is 1. The molecule has 0 unspecified atom stereocenters. The molecule has 0 atom stereocenters. The van der Waals surface area contributed by atoms with Crippen LogP contribution in [0.15, 0.2) is 28.9 Å². The minimum Gasteiger partial charge on any atom is -0.464 e. The first-order valence-corrected chi connectivity index (χ1v) is 4.64. The van der Waals surface area contributed by atoms with Crippen molar-refractivity contribution >= 4 is 11.0 Å². The van der Waals surface area contributed by atoms with Crippen LogP contribution in [0.3, 0.4) is 0 Å². The lowest BCUT2D eigenvalue weighted by Crippen LogP contribution is -2.13. The summed E-state index contributed by atoms with van der Waals surface area (Å²) in [6.45, 7) is 2.00. The Balaban J connectivity index is 2.40. The van der Waals surface area contributed by atoms with E-state index in [-0.39, 0.29) is 0 Å². The molecule has 1 N–H and O–H groups in total. The van der Waals surface area contributed by atoms with E-state index in [1.807, 2.05) is 12.3 Å². The number of rotatable bonds is 0. The summed E-state index contributed by atoms with van der Waals surface area (Å²) in [4.78, 5) is 0. The highest BCUT2D eigenvalue weighted by Gasteiger charge is 2.12. The quantitative estimate of drug-likeness (QED) is 0.659. The largest absolute Gasteiger partial charge is 0.464 e. The predicted molar refractivity (Wildman–Crippen MR) is 51.6 cm³/mol. The monoisotopic (exact) mass is 173 g/mol. The summed E-state index contributed by atoms with van der Waals surface area (Å²) >= 11 is 0. The van der Waals surface area contributed by atoms with Gasteiger partial charge in [-0.3, -0.25) is 0 Å². The maximum Gasteiger partial charge on any atom is 0.134 e. The van der Waals surface area contributed by atoms with Gasteiger partial charge in [0, 0.05) is 17.5 Å². The average molecular weight is 173 g/mol. The third kappa shape index (κ3) is 0.988. The Morgan fingerprint density at radius 3 is 3.23 bits per heavy atom. The summed E-state index contributed by atoms with van der Waals surface area (Å²) in [5.41, 5.74) is 3.73. The first-order valence-electron chi connectivity index (χ1n) is 4.64. The Bertz CT molecular complexity index is 444. The number of hydrogen-bond acceptors (Lipinski definition) is 2.